The molecule has 8 heteroatoms. The van der Waals surface area contributed by atoms with E-state index in [1.807, 2.05) is 19.2 Å². The SMILES string of the molecule is CCOC(C)c1nc(Cn2cnc3oc(C)nc3c2=O)cs1. The van der Waals surface area contributed by atoms with Gasteiger partial charge in [-0.05, 0) is 13.8 Å². The van der Waals surface area contributed by atoms with E-state index in [0.29, 0.717) is 19.0 Å². The number of fused-ring (bicyclic) bond motifs is 1. The van der Waals surface area contributed by atoms with Crippen LogP contribution in [0.2, 0.25) is 0 Å². The van der Waals surface area contributed by atoms with Crippen LogP contribution >= 0.6 is 11.3 Å². The van der Waals surface area contributed by atoms with Gasteiger partial charge < -0.3 is 9.15 Å². The fraction of sp³-hybridized carbons (Fsp3) is 0.429. The summed E-state index contributed by atoms with van der Waals surface area (Å²) in [5.74, 6) is 0.429. The molecule has 0 fully saturated rings. The second-order valence-corrected chi connectivity index (χ2v) is 5.73. The average molecular weight is 320 g/mol. The first-order valence-corrected chi connectivity index (χ1v) is 7.85. The molecule has 0 radical (unpaired) electrons. The van der Waals surface area contributed by atoms with Crippen molar-refractivity contribution in [1.82, 2.24) is 19.5 Å². The van der Waals surface area contributed by atoms with E-state index in [4.69, 9.17) is 9.15 Å². The number of hydrogen-bond acceptors (Lipinski definition) is 7. The molecule has 3 heterocycles. The Balaban J connectivity index is 1.87. The van der Waals surface area contributed by atoms with E-state index in [0.717, 1.165) is 10.7 Å². The van der Waals surface area contributed by atoms with Crippen LogP contribution in [-0.4, -0.2) is 26.1 Å². The first-order valence-electron chi connectivity index (χ1n) is 6.97. The van der Waals surface area contributed by atoms with Crippen molar-refractivity contribution >= 4 is 22.6 Å². The van der Waals surface area contributed by atoms with Gasteiger partial charge in [-0.25, -0.2) is 15.0 Å². The van der Waals surface area contributed by atoms with Gasteiger partial charge in [-0.3, -0.25) is 9.36 Å². The zero-order chi connectivity index (χ0) is 15.7. The van der Waals surface area contributed by atoms with Crippen LogP contribution in [0.3, 0.4) is 0 Å². The number of thiazole rings is 1. The highest BCUT2D eigenvalue weighted by molar-refractivity contribution is 7.09. The summed E-state index contributed by atoms with van der Waals surface area (Å²) < 4.78 is 12.3. The zero-order valence-electron chi connectivity index (χ0n) is 12.6. The van der Waals surface area contributed by atoms with E-state index >= 15 is 0 Å². The normalized spacial score (nSPS) is 12.9. The molecule has 0 aromatic carbocycles. The molecular weight excluding hydrogens is 304 g/mol. The lowest BCUT2D eigenvalue weighted by Gasteiger charge is -2.07. The van der Waals surface area contributed by atoms with E-state index in [-0.39, 0.29) is 22.9 Å². The summed E-state index contributed by atoms with van der Waals surface area (Å²) in [6.45, 7) is 6.59. The molecule has 3 rings (SSSR count). The number of aromatic nitrogens is 4. The average Bonchev–Trinajstić information content (AvgIpc) is 3.09. The minimum atomic E-state index is -0.228. The molecule has 3 aromatic rings. The highest BCUT2D eigenvalue weighted by Gasteiger charge is 2.13. The molecule has 0 amide bonds. The van der Waals surface area contributed by atoms with Gasteiger partial charge in [-0.15, -0.1) is 11.3 Å². The van der Waals surface area contributed by atoms with E-state index in [1.54, 1.807) is 6.92 Å². The number of hydrogen-bond donors (Lipinski definition) is 0. The summed E-state index contributed by atoms with van der Waals surface area (Å²) >= 11 is 1.52. The standard InChI is InChI=1S/C14H16N4O3S/c1-4-20-8(2)13-17-10(6-22-13)5-18-7-15-12-11(14(18)19)16-9(3)21-12/h6-8H,4-5H2,1-3H3. The van der Waals surface area contributed by atoms with Crippen LogP contribution in [0.25, 0.3) is 11.2 Å². The zero-order valence-corrected chi connectivity index (χ0v) is 13.4. The van der Waals surface area contributed by atoms with Crippen LogP contribution in [0.5, 0.6) is 0 Å². The lowest BCUT2D eigenvalue weighted by atomic mass is 10.4. The lowest BCUT2D eigenvalue weighted by Crippen LogP contribution is -2.21. The van der Waals surface area contributed by atoms with Crippen molar-refractivity contribution in [3.05, 3.63) is 38.7 Å². The van der Waals surface area contributed by atoms with E-state index < -0.39 is 0 Å². The van der Waals surface area contributed by atoms with Gasteiger partial charge in [0.1, 0.15) is 17.4 Å². The van der Waals surface area contributed by atoms with Crippen LogP contribution in [0, 0.1) is 6.92 Å². The van der Waals surface area contributed by atoms with Crippen molar-refractivity contribution in [3.8, 4) is 0 Å². The van der Waals surface area contributed by atoms with Crippen LogP contribution in [0.15, 0.2) is 20.9 Å². The number of oxazole rings is 1. The second-order valence-electron chi connectivity index (χ2n) is 4.84. The highest BCUT2D eigenvalue weighted by Crippen LogP contribution is 2.21. The summed E-state index contributed by atoms with van der Waals surface area (Å²) in [5.41, 5.74) is 1.09. The largest absolute Gasteiger partial charge is 0.422 e. The van der Waals surface area contributed by atoms with Gasteiger partial charge in [0.15, 0.2) is 11.4 Å². The molecule has 0 N–H and O–H groups in total. The molecule has 0 saturated carbocycles. The maximum Gasteiger partial charge on any atom is 0.283 e. The van der Waals surface area contributed by atoms with Gasteiger partial charge >= 0.3 is 0 Å². The molecule has 0 aliphatic rings. The Hall–Kier alpha value is -2.06. The summed E-state index contributed by atoms with van der Waals surface area (Å²) in [6, 6.07) is 0. The van der Waals surface area contributed by atoms with E-state index in [2.05, 4.69) is 15.0 Å². The third-order valence-corrected chi connectivity index (χ3v) is 4.21. The fourth-order valence-corrected chi connectivity index (χ4v) is 2.96. The van der Waals surface area contributed by atoms with E-state index in [9.17, 15) is 4.79 Å². The number of ether oxygens (including phenoxy) is 1. The Morgan fingerprint density at radius 2 is 2.27 bits per heavy atom. The first kappa shape index (κ1) is 14.9. The van der Waals surface area contributed by atoms with E-state index in [1.165, 1.54) is 22.2 Å². The summed E-state index contributed by atoms with van der Waals surface area (Å²) in [6.07, 6.45) is 1.42. The fourth-order valence-electron chi connectivity index (χ4n) is 2.14. The van der Waals surface area contributed by atoms with Gasteiger partial charge in [0.25, 0.3) is 11.3 Å². The maximum atomic E-state index is 12.3. The predicted molar refractivity (Wildman–Crippen MR) is 82.1 cm³/mol. The van der Waals surface area contributed by atoms with Crippen molar-refractivity contribution in [1.29, 1.82) is 0 Å². The third-order valence-electron chi connectivity index (χ3n) is 3.16. The number of nitrogens with zero attached hydrogens (tertiary/aromatic N) is 4. The molecule has 0 aliphatic carbocycles. The summed E-state index contributed by atoms with van der Waals surface area (Å²) in [7, 11) is 0. The van der Waals surface area contributed by atoms with Gasteiger partial charge in [-0.2, -0.15) is 0 Å². The lowest BCUT2D eigenvalue weighted by molar-refractivity contribution is 0.0761. The smallest absolute Gasteiger partial charge is 0.283 e. The van der Waals surface area contributed by atoms with Crippen molar-refractivity contribution < 1.29 is 9.15 Å². The molecule has 3 aromatic heterocycles. The molecule has 0 saturated heterocycles. The molecule has 0 aliphatic heterocycles. The quantitative estimate of drug-likeness (QED) is 0.717. The van der Waals surface area contributed by atoms with Crippen LogP contribution in [-0.2, 0) is 11.3 Å². The third kappa shape index (κ3) is 2.79. The van der Waals surface area contributed by atoms with Gasteiger partial charge in [0.2, 0.25) is 0 Å². The molecule has 0 spiro atoms. The Morgan fingerprint density at radius 3 is 3.05 bits per heavy atom. The second kappa shape index (κ2) is 5.98. The Labute approximate surface area is 130 Å². The molecule has 22 heavy (non-hydrogen) atoms. The summed E-state index contributed by atoms with van der Waals surface area (Å²) in [5, 5.41) is 2.83. The van der Waals surface area contributed by atoms with Crippen LogP contribution in [0.4, 0.5) is 0 Å². The molecule has 0 bridgehead atoms. The predicted octanol–water partition coefficient (Wildman–Crippen LogP) is 2.30. The molecule has 1 unspecified atom stereocenters. The van der Waals surface area contributed by atoms with Crippen molar-refractivity contribution in [3.63, 3.8) is 0 Å². The Bertz CT molecular complexity index is 851. The first-order chi connectivity index (χ1) is 10.6. The van der Waals surface area contributed by atoms with Crippen molar-refractivity contribution in [2.75, 3.05) is 6.61 Å². The van der Waals surface area contributed by atoms with Crippen LogP contribution in [0.1, 0.15) is 36.5 Å². The van der Waals surface area contributed by atoms with Crippen molar-refractivity contribution in [2.24, 2.45) is 0 Å². The minimum Gasteiger partial charge on any atom is -0.422 e. The van der Waals surface area contributed by atoms with Gasteiger partial charge in [0.05, 0.1) is 12.2 Å². The monoisotopic (exact) mass is 320 g/mol. The molecular formula is C14H16N4O3S. The Morgan fingerprint density at radius 1 is 1.45 bits per heavy atom. The maximum absolute atomic E-state index is 12.3. The molecule has 116 valence electrons. The van der Waals surface area contributed by atoms with Crippen molar-refractivity contribution in [2.45, 2.75) is 33.4 Å². The topological polar surface area (TPSA) is 83.0 Å². The van der Waals surface area contributed by atoms with Gasteiger partial charge in [0, 0.05) is 18.9 Å². The minimum absolute atomic E-state index is 0.0423. The summed E-state index contributed by atoms with van der Waals surface area (Å²) in [4.78, 5) is 25.0. The Kier molecular flexibility index (Phi) is 4.04. The highest BCUT2D eigenvalue weighted by atomic mass is 32.1. The van der Waals surface area contributed by atoms with Gasteiger partial charge in [-0.1, -0.05) is 0 Å². The molecule has 7 nitrogen and oxygen atoms in total. The number of rotatable bonds is 5. The van der Waals surface area contributed by atoms with Crippen LogP contribution < -0.4 is 5.56 Å². The number of aryl methyl sites for hydroxylation is 1. The molecule has 1 atom stereocenters.